The Kier molecular flexibility index (Phi) is 7.73. The molecule has 1 aliphatic rings. The van der Waals surface area contributed by atoms with Crippen LogP contribution >= 0.6 is 0 Å². The standard InChI is InChI=1S/C26H35N7/c1-20-16-24(14-15-33(20)19-23-12-8-5-9-13-23)29-26(27-17-22-10-6-4-7-11-22)28-18-25-31-30-21(2)32(25)3/h4-13,20,24H,14-19H2,1-3H3,(H2,27,28,29). The second-order valence-electron chi connectivity index (χ2n) is 8.90. The highest BCUT2D eigenvalue weighted by molar-refractivity contribution is 5.80. The molecule has 7 heteroatoms. The van der Waals surface area contributed by atoms with E-state index < -0.39 is 0 Å². The molecule has 0 radical (unpaired) electrons. The Balaban J connectivity index is 1.38. The number of benzene rings is 2. The topological polar surface area (TPSA) is 70.4 Å². The summed E-state index contributed by atoms with van der Waals surface area (Å²) in [6.45, 7) is 7.59. The molecule has 2 N–H and O–H groups in total. The molecule has 0 aliphatic carbocycles. The maximum Gasteiger partial charge on any atom is 0.192 e. The van der Waals surface area contributed by atoms with Crippen LogP contribution in [0.5, 0.6) is 0 Å². The normalized spacial score (nSPS) is 19.4. The number of aryl methyl sites for hydroxylation is 1. The van der Waals surface area contributed by atoms with Crippen molar-refractivity contribution in [2.24, 2.45) is 12.0 Å². The number of aromatic nitrogens is 3. The van der Waals surface area contributed by atoms with Gasteiger partial charge in [-0.05, 0) is 37.8 Å². The molecular formula is C26H35N7. The predicted octanol–water partition coefficient (Wildman–Crippen LogP) is 3.41. The number of aliphatic imine (C=N–C) groups is 1. The van der Waals surface area contributed by atoms with E-state index in [-0.39, 0.29) is 0 Å². The van der Waals surface area contributed by atoms with Gasteiger partial charge in [0.1, 0.15) is 5.82 Å². The van der Waals surface area contributed by atoms with Crippen molar-refractivity contribution < 1.29 is 0 Å². The van der Waals surface area contributed by atoms with Gasteiger partial charge in [0.2, 0.25) is 0 Å². The summed E-state index contributed by atoms with van der Waals surface area (Å²) in [5, 5.41) is 15.6. The Morgan fingerprint density at radius 3 is 2.36 bits per heavy atom. The Morgan fingerprint density at radius 2 is 1.73 bits per heavy atom. The van der Waals surface area contributed by atoms with Gasteiger partial charge in [0, 0.05) is 32.2 Å². The van der Waals surface area contributed by atoms with Crippen LogP contribution in [0.2, 0.25) is 0 Å². The minimum Gasteiger partial charge on any atom is -0.354 e. The highest BCUT2D eigenvalue weighted by Gasteiger charge is 2.26. The number of hydrogen-bond donors (Lipinski definition) is 2. The molecule has 2 heterocycles. The fraction of sp³-hybridized carbons (Fsp3) is 0.423. The van der Waals surface area contributed by atoms with E-state index in [4.69, 9.17) is 4.99 Å². The van der Waals surface area contributed by atoms with E-state index in [0.717, 1.165) is 43.5 Å². The fourth-order valence-electron chi connectivity index (χ4n) is 4.27. The zero-order valence-corrected chi connectivity index (χ0v) is 19.9. The van der Waals surface area contributed by atoms with Crippen molar-refractivity contribution in [1.82, 2.24) is 30.3 Å². The Labute approximate surface area is 197 Å². The second-order valence-corrected chi connectivity index (χ2v) is 8.90. The number of piperidine rings is 1. The third-order valence-electron chi connectivity index (χ3n) is 6.44. The Morgan fingerprint density at radius 1 is 1.03 bits per heavy atom. The highest BCUT2D eigenvalue weighted by Crippen LogP contribution is 2.20. The van der Waals surface area contributed by atoms with Crippen LogP contribution in [0, 0.1) is 6.92 Å². The molecule has 33 heavy (non-hydrogen) atoms. The lowest BCUT2D eigenvalue weighted by atomic mass is 9.97. The van der Waals surface area contributed by atoms with Crippen molar-refractivity contribution in [3.05, 3.63) is 83.4 Å². The molecule has 1 saturated heterocycles. The second kappa shape index (κ2) is 11.1. The fourth-order valence-corrected chi connectivity index (χ4v) is 4.27. The molecule has 174 valence electrons. The van der Waals surface area contributed by atoms with Crippen molar-refractivity contribution in [3.63, 3.8) is 0 Å². The first-order chi connectivity index (χ1) is 16.1. The molecule has 4 rings (SSSR count). The predicted molar refractivity (Wildman–Crippen MR) is 133 cm³/mol. The maximum atomic E-state index is 4.87. The van der Waals surface area contributed by atoms with Crippen LogP contribution in [-0.4, -0.2) is 44.3 Å². The first-order valence-electron chi connectivity index (χ1n) is 11.8. The van der Waals surface area contributed by atoms with Crippen LogP contribution < -0.4 is 10.6 Å². The van der Waals surface area contributed by atoms with Crippen LogP contribution in [-0.2, 0) is 26.7 Å². The average molecular weight is 446 g/mol. The summed E-state index contributed by atoms with van der Waals surface area (Å²) >= 11 is 0. The molecule has 7 nitrogen and oxygen atoms in total. The van der Waals surface area contributed by atoms with Gasteiger partial charge in [0.15, 0.2) is 11.8 Å². The molecule has 2 unspecified atom stereocenters. The zero-order chi connectivity index (χ0) is 23.0. The van der Waals surface area contributed by atoms with E-state index in [1.54, 1.807) is 0 Å². The monoisotopic (exact) mass is 445 g/mol. The quantitative estimate of drug-likeness (QED) is 0.431. The highest BCUT2D eigenvalue weighted by atomic mass is 15.3. The Bertz CT molecular complexity index is 1030. The molecule has 2 atom stereocenters. The van der Waals surface area contributed by atoms with E-state index in [0.29, 0.717) is 25.2 Å². The van der Waals surface area contributed by atoms with Crippen LogP contribution in [0.4, 0.5) is 0 Å². The van der Waals surface area contributed by atoms with Gasteiger partial charge in [-0.3, -0.25) is 4.90 Å². The number of nitrogens with zero attached hydrogens (tertiary/aromatic N) is 5. The van der Waals surface area contributed by atoms with Gasteiger partial charge in [-0.25, -0.2) is 4.99 Å². The van der Waals surface area contributed by atoms with E-state index in [1.807, 2.05) is 24.6 Å². The summed E-state index contributed by atoms with van der Waals surface area (Å²) in [7, 11) is 1.99. The number of guanidine groups is 1. The molecule has 0 amide bonds. The van der Waals surface area contributed by atoms with E-state index >= 15 is 0 Å². The van der Waals surface area contributed by atoms with Crippen LogP contribution in [0.1, 0.15) is 42.5 Å². The van der Waals surface area contributed by atoms with Crippen LogP contribution in [0.3, 0.4) is 0 Å². The van der Waals surface area contributed by atoms with Crippen molar-refractivity contribution in [2.75, 3.05) is 6.54 Å². The molecule has 3 aromatic rings. The first kappa shape index (κ1) is 23.0. The number of likely N-dealkylation sites (tertiary alicyclic amines) is 1. The molecule has 1 aromatic heterocycles. The largest absolute Gasteiger partial charge is 0.354 e. The van der Waals surface area contributed by atoms with Gasteiger partial charge >= 0.3 is 0 Å². The van der Waals surface area contributed by atoms with Crippen molar-refractivity contribution >= 4 is 5.96 Å². The van der Waals surface area contributed by atoms with Crippen LogP contribution in [0.15, 0.2) is 65.7 Å². The summed E-state index contributed by atoms with van der Waals surface area (Å²) in [5.74, 6) is 2.63. The van der Waals surface area contributed by atoms with E-state index in [2.05, 4.69) is 87.3 Å². The minimum absolute atomic E-state index is 0.385. The number of hydrogen-bond acceptors (Lipinski definition) is 4. The molecule has 1 aliphatic heterocycles. The van der Waals surface area contributed by atoms with E-state index in [9.17, 15) is 0 Å². The lowest BCUT2D eigenvalue weighted by Crippen LogP contribution is -2.51. The van der Waals surface area contributed by atoms with Gasteiger partial charge < -0.3 is 15.2 Å². The summed E-state index contributed by atoms with van der Waals surface area (Å²) in [5.41, 5.74) is 2.57. The van der Waals surface area contributed by atoms with Gasteiger partial charge in [0.05, 0.1) is 13.1 Å². The van der Waals surface area contributed by atoms with Gasteiger partial charge in [-0.15, -0.1) is 10.2 Å². The maximum absolute atomic E-state index is 4.87. The Hall–Kier alpha value is -3.19. The van der Waals surface area contributed by atoms with Crippen molar-refractivity contribution in [1.29, 1.82) is 0 Å². The first-order valence-corrected chi connectivity index (χ1v) is 11.8. The lowest BCUT2D eigenvalue weighted by molar-refractivity contribution is 0.134. The number of nitrogens with one attached hydrogen (secondary N) is 2. The molecule has 0 saturated carbocycles. The van der Waals surface area contributed by atoms with E-state index in [1.165, 1.54) is 11.1 Å². The minimum atomic E-state index is 0.385. The number of rotatable bonds is 7. The molecule has 1 fully saturated rings. The van der Waals surface area contributed by atoms with Crippen molar-refractivity contribution in [3.8, 4) is 0 Å². The van der Waals surface area contributed by atoms with Gasteiger partial charge in [0.25, 0.3) is 0 Å². The SMILES string of the molecule is Cc1nnc(CNC(=NCc2ccccc2)NC2CCN(Cc3ccccc3)C(C)C2)n1C. The molecule has 0 bridgehead atoms. The van der Waals surface area contributed by atoms with Crippen LogP contribution in [0.25, 0.3) is 0 Å². The third-order valence-corrected chi connectivity index (χ3v) is 6.44. The summed E-state index contributed by atoms with van der Waals surface area (Å²) < 4.78 is 2.01. The average Bonchev–Trinajstić information content (AvgIpc) is 3.16. The lowest BCUT2D eigenvalue weighted by Gasteiger charge is -2.38. The zero-order valence-electron chi connectivity index (χ0n) is 19.9. The summed E-state index contributed by atoms with van der Waals surface area (Å²) in [6.07, 6.45) is 2.17. The smallest absolute Gasteiger partial charge is 0.192 e. The molecule has 0 spiro atoms. The van der Waals surface area contributed by atoms with Gasteiger partial charge in [-0.1, -0.05) is 60.7 Å². The summed E-state index contributed by atoms with van der Waals surface area (Å²) in [4.78, 5) is 7.45. The molecule has 2 aromatic carbocycles. The van der Waals surface area contributed by atoms with Crippen molar-refractivity contribution in [2.45, 2.75) is 58.4 Å². The third kappa shape index (κ3) is 6.42. The summed E-state index contributed by atoms with van der Waals surface area (Å²) in [6, 6.07) is 22.0. The molecular weight excluding hydrogens is 410 g/mol. The van der Waals surface area contributed by atoms with Gasteiger partial charge in [-0.2, -0.15) is 0 Å².